The zero-order chi connectivity index (χ0) is 13.2. The molecule has 0 bridgehead atoms. The Bertz CT molecular complexity index is 613. The maximum absolute atomic E-state index is 6.15. The lowest BCUT2D eigenvalue weighted by atomic mass is 10.1. The second-order valence-corrected chi connectivity index (χ2v) is 5.35. The van der Waals surface area contributed by atoms with Gasteiger partial charge in [-0.2, -0.15) is 0 Å². The van der Waals surface area contributed by atoms with Gasteiger partial charge < -0.3 is 10.1 Å². The van der Waals surface area contributed by atoms with Crippen molar-refractivity contribution >= 4 is 28.9 Å². The molecule has 0 aromatic heterocycles. The van der Waals surface area contributed by atoms with Crippen LogP contribution in [0.4, 0.5) is 5.69 Å². The number of fused-ring (bicyclic) bond motifs is 1. The topological polar surface area (TPSA) is 21.3 Å². The molecule has 1 N–H and O–H groups in total. The first-order chi connectivity index (χ1) is 9.22. The molecule has 0 atom stereocenters. The van der Waals surface area contributed by atoms with E-state index in [-0.39, 0.29) is 0 Å². The molecule has 4 heteroatoms. The summed E-state index contributed by atoms with van der Waals surface area (Å²) in [5, 5.41) is 4.71. The fourth-order valence-electron chi connectivity index (χ4n) is 2.16. The molecule has 19 heavy (non-hydrogen) atoms. The van der Waals surface area contributed by atoms with E-state index < -0.39 is 0 Å². The van der Waals surface area contributed by atoms with Crippen LogP contribution in [0.1, 0.15) is 11.1 Å². The molecule has 0 unspecified atom stereocenters. The summed E-state index contributed by atoms with van der Waals surface area (Å²) in [6.07, 6.45) is 0.979. The van der Waals surface area contributed by atoms with E-state index in [0.717, 1.165) is 30.0 Å². The molecule has 0 amide bonds. The Balaban J connectivity index is 1.72. The van der Waals surface area contributed by atoms with Crippen molar-refractivity contribution < 1.29 is 4.74 Å². The summed E-state index contributed by atoms with van der Waals surface area (Å²) < 4.78 is 5.48. The minimum Gasteiger partial charge on any atom is -0.493 e. The molecule has 1 aliphatic rings. The highest BCUT2D eigenvalue weighted by molar-refractivity contribution is 6.35. The van der Waals surface area contributed by atoms with Gasteiger partial charge in [-0.1, -0.05) is 29.3 Å². The molecular weight excluding hydrogens is 281 g/mol. The van der Waals surface area contributed by atoms with Crippen molar-refractivity contribution in [2.24, 2.45) is 0 Å². The third kappa shape index (κ3) is 2.80. The smallest absolute Gasteiger partial charge is 0.122 e. The predicted molar refractivity (Wildman–Crippen MR) is 79.4 cm³/mol. The van der Waals surface area contributed by atoms with Gasteiger partial charge in [0, 0.05) is 28.7 Å². The van der Waals surface area contributed by atoms with Gasteiger partial charge in [0.2, 0.25) is 0 Å². The molecule has 0 spiro atoms. The van der Waals surface area contributed by atoms with Crippen LogP contribution in [0.25, 0.3) is 0 Å². The maximum atomic E-state index is 6.15. The molecule has 2 nitrogen and oxygen atoms in total. The Morgan fingerprint density at radius 2 is 2.00 bits per heavy atom. The highest BCUT2D eigenvalue weighted by Gasteiger charge is 2.11. The summed E-state index contributed by atoms with van der Waals surface area (Å²) in [7, 11) is 0. The van der Waals surface area contributed by atoms with E-state index in [1.807, 2.05) is 24.3 Å². The van der Waals surface area contributed by atoms with E-state index in [9.17, 15) is 0 Å². The average Bonchev–Trinajstić information content (AvgIpc) is 2.85. The highest BCUT2D eigenvalue weighted by atomic mass is 35.5. The zero-order valence-electron chi connectivity index (χ0n) is 10.2. The van der Waals surface area contributed by atoms with E-state index in [0.29, 0.717) is 16.6 Å². The third-order valence-electron chi connectivity index (χ3n) is 3.19. The number of hydrogen-bond donors (Lipinski definition) is 1. The van der Waals surface area contributed by atoms with Crippen LogP contribution in [0, 0.1) is 0 Å². The number of ether oxygens (including phenoxy) is 1. The second-order valence-electron chi connectivity index (χ2n) is 4.51. The van der Waals surface area contributed by atoms with Crippen molar-refractivity contribution in [2.45, 2.75) is 13.0 Å². The van der Waals surface area contributed by atoms with Gasteiger partial charge in [0.05, 0.1) is 6.61 Å². The van der Waals surface area contributed by atoms with Crippen molar-refractivity contribution in [2.75, 3.05) is 11.9 Å². The molecule has 1 aliphatic heterocycles. The van der Waals surface area contributed by atoms with Crippen molar-refractivity contribution in [3.05, 3.63) is 57.6 Å². The Hall–Kier alpha value is -1.38. The molecule has 3 rings (SSSR count). The number of anilines is 1. The van der Waals surface area contributed by atoms with Crippen molar-refractivity contribution in [1.29, 1.82) is 0 Å². The van der Waals surface area contributed by atoms with Crippen LogP contribution in [0.2, 0.25) is 10.0 Å². The standard InChI is InChI=1S/C15H13Cl2NO/c16-12-2-1-11(14(17)8-12)9-18-13-3-4-15-10(7-13)5-6-19-15/h1-4,7-8,18H,5-6,9H2. The Morgan fingerprint density at radius 1 is 1.11 bits per heavy atom. The van der Waals surface area contributed by atoms with Gasteiger partial charge in [-0.15, -0.1) is 0 Å². The van der Waals surface area contributed by atoms with Gasteiger partial charge in [0.15, 0.2) is 0 Å². The number of hydrogen-bond acceptors (Lipinski definition) is 2. The first-order valence-electron chi connectivity index (χ1n) is 6.16. The molecule has 2 aromatic carbocycles. The van der Waals surface area contributed by atoms with Gasteiger partial charge in [-0.3, -0.25) is 0 Å². The predicted octanol–water partition coefficient (Wildman–Crippen LogP) is 4.54. The van der Waals surface area contributed by atoms with Gasteiger partial charge >= 0.3 is 0 Å². The van der Waals surface area contributed by atoms with E-state index in [1.165, 1.54) is 5.56 Å². The minimum atomic E-state index is 0.656. The normalized spacial score (nSPS) is 12.9. The van der Waals surface area contributed by atoms with E-state index in [4.69, 9.17) is 27.9 Å². The summed E-state index contributed by atoms with van der Waals surface area (Å²) in [6, 6.07) is 11.7. The Labute approximate surface area is 122 Å². The third-order valence-corrected chi connectivity index (χ3v) is 3.77. The lowest BCUT2D eigenvalue weighted by Crippen LogP contribution is -2.00. The molecule has 0 saturated carbocycles. The molecule has 0 saturated heterocycles. The second kappa shape index (κ2) is 5.32. The summed E-state index contributed by atoms with van der Waals surface area (Å²) in [4.78, 5) is 0. The molecule has 0 fully saturated rings. The fourth-order valence-corrected chi connectivity index (χ4v) is 2.63. The van der Waals surface area contributed by atoms with Crippen LogP contribution in [-0.4, -0.2) is 6.61 Å². The first kappa shape index (κ1) is 12.6. The largest absolute Gasteiger partial charge is 0.493 e. The summed E-state index contributed by atoms with van der Waals surface area (Å²) >= 11 is 12.0. The number of halogens is 2. The summed E-state index contributed by atoms with van der Waals surface area (Å²) in [6.45, 7) is 1.46. The summed E-state index contributed by atoms with van der Waals surface area (Å²) in [5.74, 6) is 0.995. The first-order valence-corrected chi connectivity index (χ1v) is 6.91. The van der Waals surface area contributed by atoms with Crippen molar-refractivity contribution in [3.63, 3.8) is 0 Å². The van der Waals surface area contributed by atoms with Crippen LogP contribution in [0.3, 0.4) is 0 Å². The van der Waals surface area contributed by atoms with Gasteiger partial charge in [-0.25, -0.2) is 0 Å². The summed E-state index contributed by atoms with van der Waals surface area (Å²) in [5.41, 5.74) is 3.37. The highest BCUT2D eigenvalue weighted by Crippen LogP contribution is 2.28. The van der Waals surface area contributed by atoms with E-state index in [2.05, 4.69) is 11.4 Å². The monoisotopic (exact) mass is 293 g/mol. The molecule has 0 aliphatic carbocycles. The lowest BCUT2D eigenvalue weighted by Gasteiger charge is -2.09. The van der Waals surface area contributed by atoms with Crippen molar-refractivity contribution in [3.8, 4) is 5.75 Å². The van der Waals surface area contributed by atoms with Gasteiger partial charge in [0.1, 0.15) is 5.75 Å². The Morgan fingerprint density at radius 3 is 2.84 bits per heavy atom. The van der Waals surface area contributed by atoms with Crippen molar-refractivity contribution in [1.82, 2.24) is 0 Å². The molecule has 1 heterocycles. The molecule has 0 radical (unpaired) electrons. The van der Waals surface area contributed by atoms with Gasteiger partial charge in [0.25, 0.3) is 0 Å². The van der Waals surface area contributed by atoms with Gasteiger partial charge in [-0.05, 0) is 41.5 Å². The fraction of sp³-hybridized carbons (Fsp3) is 0.200. The number of benzene rings is 2. The van der Waals surface area contributed by atoms with Crippen LogP contribution in [0.5, 0.6) is 5.75 Å². The lowest BCUT2D eigenvalue weighted by molar-refractivity contribution is 0.357. The van der Waals surface area contributed by atoms with E-state index in [1.54, 1.807) is 6.07 Å². The van der Waals surface area contributed by atoms with E-state index >= 15 is 0 Å². The van der Waals surface area contributed by atoms with Crippen LogP contribution < -0.4 is 10.1 Å². The molecule has 2 aromatic rings. The van der Waals surface area contributed by atoms with Crippen LogP contribution in [-0.2, 0) is 13.0 Å². The number of rotatable bonds is 3. The van der Waals surface area contributed by atoms with Crippen LogP contribution in [0.15, 0.2) is 36.4 Å². The zero-order valence-corrected chi connectivity index (χ0v) is 11.8. The maximum Gasteiger partial charge on any atom is 0.122 e. The SMILES string of the molecule is Clc1ccc(CNc2ccc3c(c2)CCO3)c(Cl)c1. The molecular formula is C15H13Cl2NO. The average molecular weight is 294 g/mol. The Kier molecular flexibility index (Phi) is 3.54. The molecule has 98 valence electrons. The van der Waals surface area contributed by atoms with Crippen LogP contribution >= 0.6 is 23.2 Å². The number of nitrogens with one attached hydrogen (secondary N) is 1. The quantitative estimate of drug-likeness (QED) is 0.897. The minimum absolute atomic E-state index is 0.656.